The molecule has 162 valence electrons. The van der Waals surface area contributed by atoms with Crippen molar-refractivity contribution >= 4 is 22.4 Å². The molecule has 0 unspecified atom stereocenters. The van der Waals surface area contributed by atoms with E-state index in [4.69, 9.17) is 5.73 Å². The molecule has 2 aromatic heterocycles. The zero-order valence-corrected chi connectivity index (χ0v) is 18.3. The lowest BCUT2D eigenvalue weighted by Crippen LogP contribution is -2.57. The molecule has 2 aliphatic rings. The predicted octanol–water partition coefficient (Wildman–Crippen LogP) is 2.24. The number of nitrogens with one attached hydrogen (secondary N) is 1. The molecule has 4 rings (SSSR count). The first-order chi connectivity index (χ1) is 14.3. The highest BCUT2D eigenvalue weighted by molar-refractivity contribution is 7.15. The van der Waals surface area contributed by atoms with Crippen LogP contribution in [-0.2, 0) is 17.8 Å². The van der Waals surface area contributed by atoms with Gasteiger partial charge in [-0.05, 0) is 42.2 Å². The van der Waals surface area contributed by atoms with E-state index < -0.39 is 11.5 Å². The highest BCUT2D eigenvalue weighted by Crippen LogP contribution is 2.62. The Morgan fingerprint density at radius 3 is 2.93 bits per heavy atom. The Bertz CT molecular complexity index is 920. The van der Waals surface area contributed by atoms with Crippen LogP contribution < -0.4 is 11.1 Å². The molecule has 1 saturated carbocycles. The van der Waals surface area contributed by atoms with Crippen molar-refractivity contribution in [1.29, 1.82) is 0 Å². The number of hydrogen-bond acceptors (Lipinski definition) is 7. The standard InChI is InChI=1S/C22H30N4O3S/c1-21-6-5-17(28)22(2,12-27)16(21)9-15-19(26-20(23)30-15)14(21)8-18(29)25-11-13-4-3-7-24-10-13/h3-4,7,10,14,16-17,27-28H,5-6,8-9,11-12H2,1-2H3,(H2,23,26)(H,25,29)/t14-,16+,17-,21+,22+/m1/s1. The first-order valence-corrected chi connectivity index (χ1v) is 11.3. The summed E-state index contributed by atoms with van der Waals surface area (Å²) in [6.07, 6.45) is 5.31. The maximum absolute atomic E-state index is 12.9. The number of nitrogen functional groups attached to an aromatic ring is 1. The highest BCUT2D eigenvalue weighted by atomic mass is 32.1. The number of rotatable bonds is 5. The van der Waals surface area contributed by atoms with E-state index in [1.54, 1.807) is 12.4 Å². The molecule has 5 atom stereocenters. The van der Waals surface area contributed by atoms with Crippen LogP contribution in [0, 0.1) is 16.7 Å². The number of anilines is 1. The summed E-state index contributed by atoms with van der Waals surface area (Å²) in [5.41, 5.74) is 7.05. The average molecular weight is 431 g/mol. The van der Waals surface area contributed by atoms with Gasteiger partial charge in [0, 0.05) is 41.6 Å². The minimum Gasteiger partial charge on any atom is -0.396 e. The third-order valence-corrected chi connectivity index (χ3v) is 8.43. The summed E-state index contributed by atoms with van der Waals surface area (Å²) in [4.78, 5) is 22.7. The first-order valence-electron chi connectivity index (χ1n) is 10.5. The number of amides is 1. The van der Waals surface area contributed by atoms with E-state index in [0.717, 1.165) is 29.0 Å². The van der Waals surface area contributed by atoms with Gasteiger partial charge < -0.3 is 21.3 Å². The normalized spacial score (nSPS) is 32.9. The molecule has 0 saturated heterocycles. The van der Waals surface area contributed by atoms with Gasteiger partial charge in [0.15, 0.2) is 5.13 Å². The summed E-state index contributed by atoms with van der Waals surface area (Å²) >= 11 is 1.46. The smallest absolute Gasteiger partial charge is 0.220 e. The van der Waals surface area contributed by atoms with Gasteiger partial charge in [-0.2, -0.15) is 0 Å². The fourth-order valence-corrected chi connectivity index (χ4v) is 6.56. The fraction of sp³-hybridized carbons (Fsp3) is 0.591. The second-order valence-corrected chi connectivity index (χ2v) is 10.4. The largest absolute Gasteiger partial charge is 0.396 e. The van der Waals surface area contributed by atoms with Crippen molar-refractivity contribution in [3.63, 3.8) is 0 Å². The van der Waals surface area contributed by atoms with Crippen molar-refractivity contribution in [2.24, 2.45) is 16.7 Å². The van der Waals surface area contributed by atoms with Gasteiger partial charge in [-0.3, -0.25) is 9.78 Å². The average Bonchev–Trinajstić information content (AvgIpc) is 3.12. The van der Waals surface area contributed by atoms with Crippen molar-refractivity contribution in [3.8, 4) is 0 Å². The molecule has 1 amide bonds. The summed E-state index contributed by atoms with van der Waals surface area (Å²) in [6, 6.07) is 3.78. The molecule has 30 heavy (non-hydrogen) atoms. The number of carbonyl (C=O) groups excluding carboxylic acids is 1. The number of hydrogen-bond donors (Lipinski definition) is 4. The molecule has 2 aromatic rings. The van der Waals surface area contributed by atoms with E-state index in [9.17, 15) is 15.0 Å². The lowest BCUT2D eigenvalue weighted by atomic mass is 9.47. The van der Waals surface area contributed by atoms with Crippen molar-refractivity contribution in [1.82, 2.24) is 15.3 Å². The van der Waals surface area contributed by atoms with Crippen molar-refractivity contribution in [2.75, 3.05) is 12.3 Å². The summed E-state index contributed by atoms with van der Waals surface area (Å²) in [7, 11) is 0. The van der Waals surface area contributed by atoms with Crippen molar-refractivity contribution < 1.29 is 15.0 Å². The predicted molar refractivity (Wildman–Crippen MR) is 116 cm³/mol. The summed E-state index contributed by atoms with van der Waals surface area (Å²) < 4.78 is 0. The number of fused-ring (bicyclic) bond motifs is 2. The number of pyridine rings is 1. The molecular formula is C22H30N4O3S. The molecule has 5 N–H and O–H groups in total. The van der Waals surface area contributed by atoms with Gasteiger partial charge in [0.1, 0.15) is 0 Å². The molecular weight excluding hydrogens is 400 g/mol. The molecule has 1 fully saturated rings. The Hall–Kier alpha value is -2.03. The lowest BCUT2D eigenvalue weighted by Gasteiger charge is -2.58. The Balaban J connectivity index is 1.62. The molecule has 2 heterocycles. The summed E-state index contributed by atoms with van der Waals surface area (Å²) in [6.45, 7) is 4.50. The Kier molecular flexibility index (Phi) is 5.59. The first kappa shape index (κ1) is 21.2. The third kappa shape index (κ3) is 3.50. The van der Waals surface area contributed by atoms with Crippen LogP contribution in [0.25, 0.3) is 0 Å². The van der Waals surface area contributed by atoms with Gasteiger partial charge in [0.25, 0.3) is 0 Å². The van der Waals surface area contributed by atoms with Crippen LogP contribution in [0.4, 0.5) is 5.13 Å². The molecule has 0 aromatic carbocycles. The van der Waals surface area contributed by atoms with E-state index >= 15 is 0 Å². The second-order valence-electron chi connectivity index (χ2n) is 9.24. The van der Waals surface area contributed by atoms with Gasteiger partial charge in [0.2, 0.25) is 5.91 Å². The van der Waals surface area contributed by atoms with Crippen LogP contribution in [0.1, 0.15) is 55.2 Å². The quantitative estimate of drug-likeness (QED) is 0.577. The van der Waals surface area contributed by atoms with Gasteiger partial charge >= 0.3 is 0 Å². The molecule has 7 nitrogen and oxygen atoms in total. The highest BCUT2D eigenvalue weighted by Gasteiger charge is 2.59. The fourth-order valence-electron chi connectivity index (χ4n) is 5.63. The van der Waals surface area contributed by atoms with Crippen molar-refractivity contribution in [3.05, 3.63) is 40.7 Å². The lowest BCUT2D eigenvalue weighted by molar-refractivity contribution is -0.144. The number of aromatic nitrogens is 2. The third-order valence-electron chi connectivity index (χ3n) is 7.51. The molecule has 0 radical (unpaired) electrons. The summed E-state index contributed by atoms with van der Waals surface area (Å²) in [5.74, 6) is -0.102. The van der Waals surface area contributed by atoms with Crippen molar-refractivity contribution in [2.45, 2.75) is 58.1 Å². The van der Waals surface area contributed by atoms with E-state index in [2.05, 4.69) is 22.2 Å². The number of nitrogens with two attached hydrogens (primary N) is 1. The minimum atomic E-state index is -0.617. The Morgan fingerprint density at radius 1 is 1.43 bits per heavy atom. The Labute approximate surface area is 180 Å². The SMILES string of the molecule is C[C@]1(CO)[C@H]2Cc3sc(N)nc3[C@@H](CC(=O)NCc3cccnc3)[C@]2(C)CC[C@H]1O. The number of nitrogens with zero attached hydrogens (tertiary/aromatic N) is 2. The number of carbonyl (C=O) groups is 1. The molecule has 0 bridgehead atoms. The maximum Gasteiger partial charge on any atom is 0.220 e. The van der Waals surface area contributed by atoms with E-state index in [1.165, 1.54) is 11.3 Å². The number of thiazole rings is 1. The van der Waals surface area contributed by atoms with Crippen LogP contribution in [-0.4, -0.2) is 38.8 Å². The van der Waals surface area contributed by atoms with Gasteiger partial charge in [-0.15, -0.1) is 11.3 Å². The monoisotopic (exact) mass is 430 g/mol. The van der Waals surface area contributed by atoms with E-state index in [-0.39, 0.29) is 29.8 Å². The van der Waals surface area contributed by atoms with Crippen LogP contribution in [0.2, 0.25) is 0 Å². The summed E-state index contributed by atoms with van der Waals surface area (Å²) in [5, 5.41) is 24.5. The van der Waals surface area contributed by atoms with Crippen LogP contribution in [0.5, 0.6) is 0 Å². The molecule has 2 aliphatic carbocycles. The van der Waals surface area contributed by atoms with Gasteiger partial charge in [-0.1, -0.05) is 19.9 Å². The molecule has 0 spiro atoms. The number of aliphatic hydroxyl groups excluding tert-OH is 2. The number of aliphatic hydroxyl groups is 2. The van der Waals surface area contributed by atoms with Gasteiger partial charge in [-0.25, -0.2) is 4.98 Å². The van der Waals surface area contributed by atoms with Crippen LogP contribution in [0.3, 0.4) is 0 Å². The minimum absolute atomic E-state index is 0.0416. The van der Waals surface area contributed by atoms with Gasteiger partial charge in [0.05, 0.1) is 18.4 Å². The zero-order chi connectivity index (χ0) is 21.5. The Morgan fingerprint density at radius 2 is 2.23 bits per heavy atom. The maximum atomic E-state index is 12.9. The molecule has 8 heteroatoms. The van der Waals surface area contributed by atoms with Crippen LogP contribution >= 0.6 is 11.3 Å². The van der Waals surface area contributed by atoms with E-state index in [1.807, 2.05) is 19.1 Å². The van der Waals surface area contributed by atoms with Crippen LogP contribution in [0.15, 0.2) is 24.5 Å². The molecule has 0 aliphatic heterocycles. The topological polar surface area (TPSA) is 121 Å². The van der Waals surface area contributed by atoms with E-state index in [0.29, 0.717) is 24.5 Å². The zero-order valence-electron chi connectivity index (χ0n) is 17.5. The second kappa shape index (κ2) is 7.90.